The lowest BCUT2D eigenvalue weighted by Crippen LogP contribution is -2.50. The maximum Gasteiger partial charge on any atom is 0.420 e. The fraction of sp³-hybridized carbons (Fsp3) is 0.423. The first-order valence-electron chi connectivity index (χ1n) is 12.6. The zero-order valence-electron chi connectivity index (χ0n) is 21.7. The average molecular weight is 602 g/mol. The maximum absolute atomic E-state index is 13.0. The minimum absolute atomic E-state index is 0.0198. The van der Waals surface area contributed by atoms with Crippen molar-refractivity contribution >= 4 is 33.6 Å². The second-order valence-corrected chi connectivity index (χ2v) is 11.6. The molecule has 1 aliphatic rings. The highest BCUT2D eigenvalue weighted by Gasteiger charge is 2.33. The summed E-state index contributed by atoms with van der Waals surface area (Å²) >= 11 is 0. The first-order chi connectivity index (χ1) is 19.2. The van der Waals surface area contributed by atoms with E-state index in [-0.39, 0.29) is 21.2 Å². The number of nitrogens with zero attached hydrogens (tertiary/aromatic N) is 1. The van der Waals surface area contributed by atoms with E-state index in [0.29, 0.717) is 30.5 Å². The molecule has 1 aliphatic carbocycles. The number of anilines is 1. The Balaban J connectivity index is 1.61. The van der Waals surface area contributed by atoms with Gasteiger partial charge in [-0.1, -0.05) is 25.0 Å². The molecule has 0 saturated heterocycles. The normalized spacial score (nSPS) is 18.3. The number of amides is 4. The predicted molar refractivity (Wildman–Crippen MR) is 140 cm³/mol. The number of carbonyl (C=O) groups is 3. The lowest BCUT2D eigenvalue weighted by Gasteiger charge is -2.32. The molecule has 224 valence electrons. The second-order valence-electron chi connectivity index (χ2n) is 9.59. The zero-order valence-corrected chi connectivity index (χ0v) is 22.5. The van der Waals surface area contributed by atoms with Gasteiger partial charge in [-0.2, -0.15) is 18.1 Å². The number of hydrogen-bond donors (Lipinski definition) is 5. The zero-order chi connectivity index (χ0) is 30.4. The van der Waals surface area contributed by atoms with Gasteiger partial charge in [0.25, 0.3) is 0 Å². The number of aliphatic hydroxyl groups excluding tert-OH is 2. The van der Waals surface area contributed by atoms with Gasteiger partial charge in [-0.25, -0.2) is 18.0 Å². The molecule has 5 N–H and O–H groups in total. The van der Waals surface area contributed by atoms with Crippen molar-refractivity contribution in [1.82, 2.24) is 10.6 Å². The number of carbonyl (C=O) groups excluding carboxylic acids is 2. The molecule has 0 radical (unpaired) electrons. The Morgan fingerprint density at radius 1 is 1.00 bits per heavy atom. The molecule has 41 heavy (non-hydrogen) atoms. The summed E-state index contributed by atoms with van der Waals surface area (Å²) in [6.07, 6.45) is -5.11. The van der Waals surface area contributed by atoms with Gasteiger partial charge < -0.3 is 26.0 Å². The Morgan fingerprint density at radius 3 is 2.17 bits per heavy atom. The molecular formula is C26H30F3N3O8S. The summed E-state index contributed by atoms with van der Waals surface area (Å²) in [5.41, 5.74) is -1.04. The number of urea groups is 1. The SMILES string of the molecule is O=C(CNC(=O)N(C(=O)O)c1ccc(C(F)(F)F)cc1)N[C@H]1CCCC[C@H]1CS(=O)(=O)c1ccc(C(O)CO)cc1. The van der Waals surface area contributed by atoms with Crippen molar-refractivity contribution in [2.24, 2.45) is 5.92 Å². The van der Waals surface area contributed by atoms with Crippen LogP contribution in [0.1, 0.15) is 42.9 Å². The van der Waals surface area contributed by atoms with Gasteiger partial charge in [-0.05, 0) is 60.7 Å². The summed E-state index contributed by atoms with van der Waals surface area (Å²) in [6.45, 7) is -1.17. The van der Waals surface area contributed by atoms with Gasteiger partial charge in [0, 0.05) is 6.04 Å². The van der Waals surface area contributed by atoms with Gasteiger partial charge in [0.1, 0.15) is 6.10 Å². The van der Waals surface area contributed by atoms with E-state index in [1.54, 1.807) is 0 Å². The van der Waals surface area contributed by atoms with Gasteiger partial charge in [0.2, 0.25) is 5.91 Å². The van der Waals surface area contributed by atoms with Gasteiger partial charge >= 0.3 is 18.3 Å². The van der Waals surface area contributed by atoms with Crippen molar-refractivity contribution in [3.8, 4) is 0 Å². The Hall–Kier alpha value is -3.69. The predicted octanol–water partition coefficient (Wildman–Crippen LogP) is 3.07. The fourth-order valence-corrected chi connectivity index (χ4v) is 6.29. The summed E-state index contributed by atoms with van der Waals surface area (Å²) in [5, 5.41) is 33.0. The van der Waals surface area contributed by atoms with Crippen molar-refractivity contribution in [2.45, 2.75) is 48.9 Å². The van der Waals surface area contributed by atoms with E-state index < -0.39 is 70.8 Å². The van der Waals surface area contributed by atoms with Gasteiger partial charge in [-0.3, -0.25) is 4.79 Å². The van der Waals surface area contributed by atoms with Crippen LogP contribution in [0.4, 0.5) is 28.4 Å². The molecule has 2 aromatic carbocycles. The third-order valence-electron chi connectivity index (χ3n) is 6.73. The number of halogens is 3. The molecule has 1 fully saturated rings. The first kappa shape index (κ1) is 31.8. The molecule has 0 bridgehead atoms. The topological polar surface area (TPSA) is 173 Å². The monoisotopic (exact) mass is 601 g/mol. The molecule has 1 saturated carbocycles. The van der Waals surface area contributed by atoms with Crippen LogP contribution in [-0.2, 0) is 20.8 Å². The highest BCUT2D eigenvalue weighted by molar-refractivity contribution is 7.91. The largest absolute Gasteiger partial charge is 0.464 e. The van der Waals surface area contributed by atoms with Crippen LogP contribution in [0.25, 0.3) is 0 Å². The van der Waals surface area contributed by atoms with Crippen LogP contribution in [0.2, 0.25) is 0 Å². The average Bonchev–Trinajstić information content (AvgIpc) is 2.92. The summed E-state index contributed by atoms with van der Waals surface area (Å²) in [7, 11) is -3.77. The van der Waals surface area contributed by atoms with Crippen LogP contribution < -0.4 is 15.5 Å². The highest BCUT2D eigenvalue weighted by Crippen LogP contribution is 2.31. The quantitative estimate of drug-likeness (QED) is 0.292. The Labute approximate surface area is 233 Å². The minimum Gasteiger partial charge on any atom is -0.464 e. The van der Waals surface area contributed by atoms with Crippen LogP contribution in [0.3, 0.4) is 0 Å². The fourth-order valence-electron chi connectivity index (χ4n) is 4.58. The number of carboxylic acid groups (broad SMARTS) is 1. The van der Waals surface area contributed by atoms with Crippen LogP contribution in [0.15, 0.2) is 53.4 Å². The van der Waals surface area contributed by atoms with E-state index in [4.69, 9.17) is 5.11 Å². The van der Waals surface area contributed by atoms with E-state index in [1.165, 1.54) is 24.3 Å². The van der Waals surface area contributed by atoms with Gasteiger partial charge in [0.05, 0.1) is 35.1 Å². The van der Waals surface area contributed by atoms with Crippen molar-refractivity contribution < 1.29 is 51.3 Å². The first-order valence-corrected chi connectivity index (χ1v) is 14.3. The van der Waals surface area contributed by atoms with Crippen LogP contribution in [-0.4, -0.2) is 66.7 Å². The lowest BCUT2D eigenvalue weighted by atomic mass is 9.86. The van der Waals surface area contributed by atoms with Gasteiger partial charge in [0.15, 0.2) is 9.84 Å². The Kier molecular flexibility index (Phi) is 10.3. The summed E-state index contributed by atoms with van der Waals surface area (Å²) in [5.74, 6) is -1.42. The molecule has 3 atom stereocenters. The molecule has 2 aromatic rings. The molecule has 1 unspecified atom stereocenters. The summed E-state index contributed by atoms with van der Waals surface area (Å²) in [6, 6.07) is 6.54. The molecule has 0 heterocycles. The number of sulfone groups is 1. The van der Waals surface area contributed by atoms with Crippen molar-refractivity contribution in [1.29, 1.82) is 0 Å². The molecule has 3 rings (SSSR count). The van der Waals surface area contributed by atoms with Crippen molar-refractivity contribution in [3.05, 3.63) is 59.7 Å². The smallest absolute Gasteiger partial charge is 0.420 e. The van der Waals surface area contributed by atoms with Crippen molar-refractivity contribution in [3.63, 3.8) is 0 Å². The Morgan fingerprint density at radius 2 is 1.61 bits per heavy atom. The number of hydrogen-bond acceptors (Lipinski definition) is 7. The molecule has 11 nitrogen and oxygen atoms in total. The molecule has 15 heteroatoms. The Bertz CT molecular complexity index is 1340. The van der Waals surface area contributed by atoms with Crippen LogP contribution in [0, 0.1) is 5.92 Å². The summed E-state index contributed by atoms with van der Waals surface area (Å²) < 4.78 is 64.5. The van der Waals surface area contributed by atoms with E-state index in [0.717, 1.165) is 25.0 Å². The number of rotatable bonds is 9. The molecule has 0 aromatic heterocycles. The van der Waals surface area contributed by atoms with Crippen LogP contribution in [0.5, 0.6) is 0 Å². The van der Waals surface area contributed by atoms with E-state index in [1.807, 2.05) is 0 Å². The van der Waals surface area contributed by atoms with E-state index in [2.05, 4.69) is 10.6 Å². The van der Waals surface area contributed by atoms with Gasteiger partial charge in [-0.15, -0.1) is 0 Å². The minimum atomic E-state index is -4.66. The lowest BCUT2D eigenvalue weighted by molar-refractivity contribution is -0.137. The molecular weight excluding hydrogens is 571 g/mol. The number of aliphatic hydroxyl groups is 2. The maximum atomic E-state index is 13.0. The highest BCUT2D eigenvalue weighted by atomic mass is 32.2. The molecule has 4 amide bonds. The number of benzene rings is 2. The third kappa shape index (κ3) is 8.41. The van der Waals surface area contributed by atoms with Crippen molar-refractivity contribution in [2.75, 3.05) is 23.8 Å². The second kappa shape index (κ2) is 13.3. The van der Waals surface area contributed by atoms with E-state index >= 15 is 0 Å². The van der Waals surface area contributed by atoms with E-state index in [9.17, 15) is 46.2 Å². The number of imide groups is 1. The molecule has 0 spiro atoms. The molecule has 0 aliphatic heterocycles. The summed E-state index contributed by atoms with van der Waals surface area (Å²) in [4.78, 5) is 36.9. The number of nitrogens with one attached hydrogen (secondary N) is 2. The third-order valence-corrected chi connectivity index (χ3v) is 8.59. The standard InChI is InChI=1S/C26H30F3N3O8S/c27-26(28,29)18-7-9-19(10-8-18)32(25(37)38)24(36)30-13-23(35)31-21-4-2-1-3-17(21)15-41(39,40)20-11-5-16(6-12-20)22(34)14-33/h5-12,17,21-22,33-34H,1-4,13-15H2,(H,30,36)(H,31,35)(H,37,38)/t17-,21-,22?/m0/s1. The number of alkyl halides is 3. The van der Waals surface area contributed by atoms with Crippen LogP contribution >= 0.6 is 0 Å².